The molecule has 0 amide bonds. The van der Waals surface area contributed by atoms with Crippen molar-refractivity contribution in [3.63, 3.8) is 0 Å². The molecule has 0 aromatic carbocycles. The van der Waals surface area contributed by atoms with Gasteiger partial charge in [0.05, 0.1) is 20.1 Å². The number of methoxy groups -OCH3 is 1. The van der Waals surface area contributed by atoms with E-state index in [9.17, 15) is 0 Å². The monoisotopic (exact) mass is 132 g/mol. The highest BCUT2D eigenvalue weighted by Crippen LogP contribution is 1.99. The van der Waals surface area contributed by atoms with E-state index in [4.69, 9.17) is 4.74 Å². The zero-order chi connectivity index (χ0) is 7.33. The van der Waals surface area contributed by atoms with Crippen LogP contribution >= 0.6 is 0 Å². The molecule has 56 valence electrons. The van der Waals surface area contributed by atoms with E-state index in [1.807, 2.05) is 0 Å². The van der Waals surface area contributed by atoms with Crippen LogP contribution in [0.3, 0.4) is 0 Å². The fourth-order valence-corrected chi connectivity index (χ4v) is 0.718. The van der Waals surface area contributed by atoms with Crippen LogP contribution in [-0.2, 0) is 4.74 Å². The fraction of sp³-hybridized carbons (Fsp3) is 1.00. The summed E-state index contributed by atoms with van der Waals surface area (Å²) in [6, 6.07) is 0. The van der Waals surface area contributed by atoms with Gasteiger partial charge in [-0.3, -0.25) is 0 Å². The van der Waals surface area contributed by atoms with Crippen LogP contribution in [0.2, 0.25) is 0 Å². The molecule has 0 N–H and O–H groups in total. The highest BCUT2D eigenvalue weighted by Gasteiger charge is 2.14. The van der Waals surface area contributed by atoms with Gasteiger partial charge in [0.1, 0.15) is 0 Å². The lowest BCUT2D eigenvalue weighted by atomic mass is 10.5. The molecule has 2 nitrogen and oxygen atoms in total. The van der Waals surface area contributed by atoms with E-state index >= 15 is 0 Å². The summed E-state index contributed by atoms with van der Waals surface area (Å²) in [5.74, 6) is 0. The number of hydrogen-bond donors (Lipinski definition) is 0. The number of nitrogens with zero attached hydrogens (tertiary/aromatic N) is 1. The van der Waals surface area contributed by atoms with Gasteiger partial charge in [-0.2, -0.15) is 0 Å². The number of rotatable bonds is 4. The summed E-state index contributed by atoms with van der Waals surface area (Å²) in [6.45, 7) is 7.48. The van der Waals surface area contributed by atoms with E-state index in [1.165, 1.54) is 0 Å². The summed E-state index contributed by atoms with van der Waals surface area (Å²) in [5, 5.41) is 0. The SMILES string of the molecule is CC[N+](C)(CC)COC. The molecule has 0 aliphatic carbocycles. The van der Waals surface area contributed by atoms with Gasteiger partial charge in [-0.15, -0.1) is 0 Å². The maximum absolute atomic E-state index is 5.06. The Labute approximate surface area is 58.0 Å². The highest BCUT2D eigenvalue weighted by atomic mass is 16.5. The molecule has 0 spiro atoms. The second kappa shape index (κ2) is 3.85. The molecule has 0 radical (unpaired) electrons. The molecular formula is C7H18NO+. The molecule has 0 heterocycles. The van der Waals surface area contributed by atoms with Gasteiger partial charge in [0.2, 0.25) is 0 Å². The van der Waals surface area contributed by atoms with Crippen molar-refractivity contribution in [2.24, 2.45) is 0 Å². The van der Waals surface area contributed by atoms with E-state index in [0.29, 0.717) is 0 Å². The summed E-state index contributed by atoms with van der Waals surface area (Å²) in [7, 11) is 3.95. The van der Waals surface area contributed by atoms with Crippen LogP contribution in [-0.4, -0.2) is 38.5 Å². The van der Waals surface area contributed by atoms with Gasteiger partial charge in [-0.25, -0.2) is 0 Å². The van der Waals surface area contributed by atoms with Crippen LogP contribution in [0, 0.1) is 0 Å². The Morgan fingerprint density at radius 1 is 1.22 bits per heavy atom. The van der Waals surface area contributed by atoms with E-state index in [-0.39, 0.29) is 0 Å². The second-order valence-electron chi connectivity index (χ2n) is 2.67. The lowest BCUT2D eigenvalue weighted by Gasteiger charge is -2.30. The lowest BCUT2D eigenvalue weighted by molar-refractivity contribution is -0.924. The minimum Gasteiger partial charge on any atom is -0.335 e. The summed E-state index contributed by atoms with van der Waals surface area (Å²) >= 11 is 0. The Morgan fingerprint density at radius 2 is 1.67 bits per heavy atom. The van der Waals surface area contributed by atoms with E-state index < -0.39 is 0 Å². The third kappa shape index (κ3) is 2.82. The van der Waals surface area contributed by atoms with Crippen molar-refractivity contribution in [3.8, 4) is 0 Å². The van der Waals surface area contributed by atoms with Crippen LogP contribution < -0.4 is 0 Å². The van der Waals surface area contributed by atoms with Crippen LogP contribution in [0.5, 0.6) is 0 Å². The summed E-state index contributed by atoms with van der Waals surface area (Å²) in [6.07, 6.45) is 0. The first-order valence-electron chi connectivity index (χ1n) is 3.51. The molecule has 0 fully saturated rings. The molecule has 0 aliphatic heterocycles. The van der Waals surface area contributed by atoms with Crippen LogP contribution in [0.1, 0.15) is 13.8 Å². The second-order valence-corrected chi connectivity index (χ2v) is 2.67. The standard InChI is InChI=1S/C7H18NO/c1-5-8(3,6-2)7-9-4/h5-7H2,1-4H3/q+1. The summed E-state index contributed by atoms with van der Waals surface area (Å²) in [4.78, 5) is 0. The van der Waals surface area contributed by atoms with E-state index in [2.05, 4.69) is 20.9 Å². The quantitative estimate of drug-likeness (QED) is 0.411. The van der Waals surface area contributed by atoms with Gasteiger partial charge in [0.15, 0.2) is 6.73 Å². The maximum atomic E-state index is 5.06. The molecule has 0 saturated carbocycles. The third-order valence-corrected chi connectivity index (χ3v) is 1.97. The van der Waals surface area contributed by atoms with Crippen molar-refractivity contribution >= 4 is 0 Å². The first-order chi connectivity index (χ1) is 4.18. The molecule has 0 saturated heterocycles. The molecule has 0 bridgehead atoms. The van der Waals surface area contributed by atoms with Gasteiger partial charge in [-0.05, 0) is 13.8 Å². The minimum atomic E-state index is 0.826. The molecule has 0 rings (SSSR count). The topological polar surface area (TPSA) is 9.23 Å². The van der Waals surface area contributed by atoms with Crippen LogP contribution in [0.25, 0.3) is 0 Å². The Morgan fingerprint density at radius 3 is 1.78 bits per heavy atom. The van der Waals surface area contributed by atoms with Crippen molar-refractivity contribution < 1.29 is 9.22 Å². The van der Waals surface area contributed by atoms with Crippen molar-refractivity contribution in [2.75, 3.05) is 34.0 Å². The van der Waals surface area contributed by atoms with E-state index in [1.54, 1.807) is 7.11 Å². The number of ether oxygens (including phenoxy) is 1. The fourth-order valence-electron chi connectivity index (χ4n) is 0.718. The normalized spacial score (nSPS) is 12.0. The van der Waals surface area contributed by atoms with E-state index in [0.717, 1.165) is 24.3 Å². The number of quaternary nitrogens is 1. The smallest absolute Gasteiger partial charge is 0.182 e. The number of hydrogen-bond acceptors (Lipinski definition) is 1. The minimum absolute atomic E-state index is 0.826. The largest absolute Gasteiger partial charge is 0.335 e. The van der Waals surface area contributed by atoms with Crippen molar-refractivity contribution in [2.45, 2.75) is 13.8 Å². The summed E-state index contributed by atoms with van der Waals surface area (Å²) < 4.78 is 6.07. The van der Waals surface area contributed by atoms with Gasteiger partial charge in [0, 0.05) is 7.11 Å². The average molecular weight is 132 g/mol. The first kappa shape index (κ1) is 8.92. The average Bonchev–Trinajstić information content (AvgIpc) is 1.89. The van der Waals surface area contributed by atoms with Gasteiger partial charge < -0.3 is 9.22 Å². The van der Waals surface area contributed by atoms with Crippen molar-refractivity contribution in [3.05, 3.63) is 0 Å². The van der Waals surface area contributed by atoms with Gasteiger partial charge in [0.25, 0.3) is 0 Å². The molecule has 0 aromatic heterocycles. The Kier molecular flexibility index (Phi) is 3.82. The molecular weight excluding hydrogens is 114 g/mol. The predicted molar refractivity (Wildman–Crippen MR) is 39.1 cm³/mol. The maximum Gasteiger partial charge on any atom is 0.182 e. The molecule has 0 atom stereocenters. The van der Waals surface area contributed by atoms with Crippen LogP contribution in [0.4, 0.5) is 0 Å². The van der Waals surface area contributed by atoms with Crippen LogP contribution in [0.15, 0.2) is 0 Å². The zero-order valence-corrected chi connectivity index (χ0v) is 6.98. The molecule has 9 heavy (non-hydrogen) atoms. The molecule has 0 unspecified atom stereocenters. The summed E-state index contributed by atoms with van der Waals surface area (Å²) in [5.41, 5.74) is 0. The van der Waals surface area contributed by atoms with Crippen molar-refractivity contribution in [1.29, 1.82) is 0 Å². The predicted octanol–water partition coefficient (Wildman–Crippen LogP) is 1.08. The molecule has 2 heteroatoms. The molecule has 0 aromatic rings. The van der Waals surface area contributed by atoms with Gasteiger partial charge >= 0.3 is 0 Å². The van der Waals surface area contributed by atoms with Gasteiger partial charge in [-0.1, -0.05) is 0 Å². The Bertz CT molecular complexity index is 69.3. The van der Waals surface area contributed by atoms with Crippen molar-refractivity contribution in [1.82, 2.24) is 0 Å². The lowest BCUT2D eigenvalue weighted by Crippen LogP contribution is -2.44. The molecule has 0 aliphatic rings. The first-order valence-corrected chi connectivity index (χ1v) is 3.51. The highest BCUT2D eigenvalue weighted by molar-refractivity contribution is 4.21. The third-order valence-electron chi connectivity index (χ3n) is 1.97. The Balaban J connectivity index is 3.62. The Hall–Kier alpha value is -0.0800. The zero-order valence-electron chi connectivity index (χ0n) is 6.98.